The second-order valence-electron chi connectivity index (χ2n) is 6.32. The molecule has 0 spiro atoms. The van der Waals surface area contributed by atoms with Crippen molar-refractivity contribution in [1.29, 1.82) is 0 Å². The third-order valence-corrected chi connectivity index (χ3v) is 3.63. The first-order valence-corrected chi connectivity index (χ1v) is 8.25. The number of methoxy groups -OCH3 is 1. The molecule has 0 aliphatic rings. The van der Waals surface area contributed by atoms with Crippen LogP contribution in [0, 0.1) is 0 Å². The molecule has 1 N–H and O–H groups in total. The number of thiazole rings is 1. The fourth-order valence-corrected chi connectivity index (χ4v) is 2.92. The molecule has 0 amide bonds. The van der Waals surface area contributed by atoms with Crippen molar-refractivity contribution in [3.63, 3.8) is 0 Å². The summed E-state index contributed by atoms with van der Waals surface area (Å²) in [4.78, 5) is 4.63. The Kier molecular flexibility index (Phi) is 5.42. The molecule has 1 atom stereocenters. The minimum absolute atomic E-state index is 0.0182. The average Bonchev–Trinajstić information content (AvgIpc) is 2.86. The van der Waals surface area contributed by atoms with Crippen LogP contribution >= 0.6 is 11.3 Å². The van der Waals surface area contributed by atoms with E-state index in [0.717, 1.165) is 22.1 Å². The molecule has 1 aromatic carbocycles. The summed E-state index contributed by atoms with van der Waals surface area (Å²) >= 11 is 1.62. The smallest absolute Gasteiger partial charge is 0.183 e. The number of benzene rings is 1. The molecule has 0 saturated heterocycles. The van der Waals surface area contributed by atoms with Crippen LogP contribution in [0.2, 0.25) is 0 Å². The summed E-state index contributed by atoms with van der Waals surface area (Å²) < 4.78 is 10.8. The fourth-order valence-electron chi connectivity index (χ4n) is 1.99. The van der Waals surface area contributed by atoms with Crippen molar-refractivity contribution in [2.75, 3.05) is 19.0 Å². The van der Waals surface area contributed by atoms with Gasteiger partial charge in [0.15, 0.2) is 5.13 Å². The minimum Gasteiger partial charge on any atom is -0.488 e. The van der Waals surface area contributed by atoms with Gasteiger partial charge in [-0.2, -0.15) is 0 Å². The molecule has 0 fully saturated rings. The third-order valence-electron chi connectivity index (χ3n) is 2.87. The molecule has 22 heavy (non-hydrogen) atoms. The molecule has 1 aromatic heterocycles. The monoisotopic (exact) mass is 320 g/mol. The molecular weight excluding hydrogens is 296 g/mol. The predicted octanol–water partition coefficient (Wildman–Crippen LogP) is 4.43. The van der Waals surface area contributed by atoms with E-state index in [1.165, 1.54) is 0 Å². The largest absolute Gasteiger partial charge is 0.488 e. The summed E-state index contributed by atoms with van der Waals surface area (Å²) in [6, 6.07) is 8.00. The lowest BCUT2D eigenvalue weighted by molar-refractivity contribution is 0.0921. The summed E-state index contributed by atoms with van der Waals surface area (Å²) in [6.45, 7) is 8.95. The van der Waals surface area contributed by atoms with Gasteiger partial charge in [-0.25, -0.2) is 4.98 Å². The van der Waals surface area contributed by atoms with Crippen LogP contribution < -0.4 is 10.1 Å². The lowest BCUT2D eigenvalue weighted by atomic mass is 10.1. The molecule has 4 nitrogen and oxygen atoms in total. The summed E-state index contributed by atoms with van der Waals surface area (Å²) in [7, 11) is 1.68. The molecule has 0 bridgehead atoms. The van der Waals surface area contributed by atoms with Crippen LogP contribution in [-0.4, -0.2) is 30.3 Å². The first kappa shape index (κ1) is 16.8. The van der Waals surface area contributed by atoms with Gasteiger partial charge in [-0.15, -0.1) is 11.3 Å². The highest BCUT2D eigenvalue weighted by atomic mass is 32.1. The zero-order valence-corrected chi connectivity index (χ0v) is 14.7. The Morgan fingerprint density at radius 1 is 1.23 bits per heavy atom. The summed E-state index contributed by atoms with van der Waals surface area (Å²) in [5.41, 5.74) is 2.09. The maximum atomic E-state index is 5.76. The zero-order valence-electron chi connectivity index (χ0n) is 13.8. The van der Waals surface area contributed by atoms with Crippen LogP contribution in [0.1, 0.15) is 27.7 Å². The van der Waals surface area contributed by atoms with E-state index in [4.69, 9.17) is 9.47 Å². The number of nitrogens with zero attached hydrogens (tertiary/aromatic N) is 1. The van der Waals surface area contributed by atoms with Gasteiger partial charge in [0.2, 0.25) is 0 Å². The van der Waals surface area contributed by atoms with E-state index >= 15 is 0 Å². The molecule has 0 aliphatic heterocycles. The summed E-state index contributed by atoms with van der Waals surface area (Å²) in [5.74, 6) is 0.844. The molecule has 1 heterocycles. The van der Waals surface area contributed by atoms with Gasteiger partial charge in [0.25, 0.3) is 0 Å². The van der Waals surface area contributed by atoms with Crippen LogP contribution in [0.25, 0.3) is 11.3 Å². The number of ether oxygens (including phenoxy) is 2. The molecule has 2 rings (SSSR count). The lowest BCUT2D eigenvalue weighted by Crippen LogP contribution is -2.25. The van der Waals surface area contributed by atoms with Crippen LogP contribution in [0.5, 0.6) is 5.75 Å². The van der Waals surface area contributed by atoms with Crippen LogP contribution in [0.4, 0.5) is 5.13 Å². The molecule has 0 saturated carbocycles. The van der Waals surface area contributed by atoms with E-state index in [9.17, 15) is 0 Å². The Balaban J connectivity index is 2.04. The van der Waals surface area contributed by atoms with Gasteiger partial charge in [0.1, 0.15) is 11.9 Å². The van der Waals surface area contributed by atoms with Gasteiger partial charge in [-0.05, 0) is 52.0 Å². The maximum Gasteiger partial charge on any atom is 0.183 e. The van der Waals surface area contributed by atoms with E-state index in [-0.39, 0.29) is 11.6 Å². The van der Waals surface area contributed by atoms with Gasteiger partial charge >= 0.3 is 0 Å². The highest BCUT2D eigenvalue weighted by molar-refractivity contribution is 7.14. The standard InChI is InChI=1S/C17H24N2O2S/c1-12(10-20-5)21-14-8-6-13(7-9-14)15-11-22-16(18-15)19-17(2,3)4/h6-9,11-12H,10H2,1-5H3,(H,18,19)/t12-/m0/s1. The van der Waals surface area contributed by atoms with Crippen molar-refractivity contribution >= 4 is 16.5 Å². The van der Waals surface area contributed by atoms with Crippen molar-refractivity contribution in [2.45, 2.75) is 39.3 Å². The highest BCUT2D eigenvalue weighted by Crippen LogP contribution is 2.28. The molecular formula is C17H24N2O2S. The average molecular weight is 320 g/mol. The second-order valence-corrected chi connectivity index (χ2v) is 7.18. The van der Waals surface area contributed by atoms with Gasteiger partial charge in [0.05, 0.1) is 12.3 Å². The van der Waals surface area contributed by atoms with E-state index in [1.807, 2.05) is 31.2 Å². The number of aromatic nitrogens is 1. The van der Waals surface area contributed by atoms with Crippen molar-refractivity contribution in [3.05, 3.63) is 29.6 Å². The van der Waals surface area contributed by atoms with Gasteiger partial charge in [-0.3, -0.25) is 0 Å². The Morgan fingerprint density at radius 3 is 2.50 bits per heavy atom. The van der Waals surface area contributed by atoms with E-state index in [1.54, 1.807) is 18.4 Å². The van der Waals surface area contributed by atoms with Crippen LogP contribution in [0.3, 0.4) is 0 Å². The number of nitrogens with one attached hydrogen (secondary N) is 1. The quantitative estimate of drug-likeness (QED) is 0.855. The second kappa shape index (κ2) is 7.11. The van der Waals surface area contributed by atoms with E-state index in [2.05, 4.69) is 36.5 Å². The van der Waals surface area contributed by atoms with E-state index in [0.29, 0.717) is 6.61 Å². The third kappa shape index (κ3) is 5.00. The SMILES string of the molecule is COC[C@H](C)Oc1ccc(-c2csc(NC(C)(C)C)n2)cc1. The van der Waals surface area contributed by atoms with Crippen LogP contribution in [-0.2, 0) is 4.74 Å². The number of anilines is 1. The lowest BCUT2D eigenvalue weighted by Gasteiger charge is -2.19. The normalized spacial score (nSPS) is 13.0. The fraction of sp³-hybridized carbons (Fsp3) is 0.471. The zero-order chi connectivity index (χ0) is 16.2. The number of hydrogen-bond donors (Lipinski definition) is 1. The van der Waals surface area contributed by atoms with Crippen molar-refractivity contribution in [1.82, 2.24) is 4.98 Å². The molecule has 5 heteroatoms. The first-order chi connectivity index (χ1) is 10.4. The van der Waals surface area contributed by atoms with E-state index < -0.39 is 0 Å². The highest BCUT2D eigenvalue weighted by Gasteiger charge is 2.12. The molecule has 0 radical (unpaired) electrons. The molecule has 120 valence electrons. The number of hydrogen-bond acceptors (Lipinski definition) is 5. The molecule has 2 aromatic rings. The molecule has 0 aliphatic carbocycles. The first-order valence-electron chi connectivity index (χ1n) is 7.37. The topological polar surface area (TPSA) is 43.4 Å². The Hall–Kier alpha value is -1.59. The van der Waals surface area contributed by atoms with Crippen LogP contribution in [0.15, 0.2) is 29.6 Å². The van der Waals surface area contributed by atoms with Gasteiger partial charge in [-0.1, -0.05) is 0 Å². The minimum atomic E-state index is 0.0182. The Morgan fingerprint density at radius 2 is 1.91 bits per heavy atom. The molecule has 0 unspecified atom stereocenters. The Labute approximate surface area is 136 Å². The van der Waals surface area contributed by atoms with Gasteiger partial charge < -0.3 is 14.8 Å². The summed E-state index contributed by atoms with van der Waals surface area (Å²) in [5, 5.41) is 6.40. The maximum absolute atomic E-state index is 5.76. The number of rotatable bonds is 6. The summed E-state index contributed by atoms with van der Waals surface area (Å²) in [6.07, 6.45) is 0.0395. The van der Waals surface area contributed by atoms with Crippen molar-refractivity contribution < 1.29 is 9.47 Å². The Bertz CT molecular complexity index is 587. The van der Waals surface area contributed by atoms with Crippen molar-refractivity contribution in [2.24, 2.45) is 0 Å². The van der Waals surface area contributed by atoms with Crippen molar-refractivity contribution in [3.8, 4) is 17.0 Å². The predicted molar refractivity (Wildman–Crippen MR) is 92.9 cm³/mol. The van der Waals surface area contributed by atoms with Gasteiger partial charge in [0, 0.05) is 23.6 Å².